The molecule has 0 radical (unpaired) electrons. The second-order valence-corrected chi connectivity index (χ2v) is 14.0. The number of fused-ring (bicyclic) bond motifs is 5. The van der Waals surface area contributed by atoms with Gasteiger partial charge in [-0.1, -0.05) is 20.8 Å². The molecule has 3 N–H and O–H groups in total. The predicted molar refractivity (Wildman–Crippen MR) is 129 cm³/mol. The molecule has 0 heterocycles. The summed E-state index contributed by atoms with van der Waals surface area (Å²) in [5, 5.41) is 12.9. The summed E-state index contributed by atoms with van der Waals surface area (Å²) >= 11 is 0. The van der Waals surface area contributed by atoms with Gasteiger partial charge in [-0.3, -0.25) is 9.35 Å². The number of aliphatic hydroxyl groups excluding tert-OH is 1. The van der Waals surface area contributed by atoms with Crippen molar-refractivity contribution in [2.24, 2.45) is 46.3 Å². The van der Waals surface area contributed by atoms with Gasteiger partial charge in [0, 0.05) is 13.0 Å². The molecule has 6 nitrogen and oxygen atoms in total. The van der Waals surface area contributed by atoms with E-state index in [4.69, 9.17) is 4.55 Å². The summed E-state index contributed by atoms with van der Waals surface area (Å²) in [5.41, 5.74) is 0.771. The van der Waals surface area contributed by atoms with E-state index in [1.165, 1.54) is 44.9 Å². The number of aliphatic hydroxyl groups is 1. The maximum Gasteiger partial charge on any atom is 0.266 e. The largest absolute Gasteiger partial charge is 0.393 e. The molecule has 4 aliphatic carbocycles. The summed E-state index contributed by atoms with van der Waals surface area (Å²) in [6, 6.07) is 0. The molecule has 4 rings (SSSR count). The monoisotopic (exact) mass is 483 g/mol. The van der Waals surface area contributed by atoms with Gasteiger partial charge in [0.25, 0.3) is 10.1 Å². The third-order valence-electron chi connectivity index (χ3n) is 10.9. The van der Waals surface area contributed by atoms with Crippen molar-refractivity contribution >= 4 is 16.0 Å². The van der Waals surface area contributed by atoms with Gasteiger partial charge in [-0.15, -0.1) is 0 Å². The SMILES string of the molecule is C[C@@H](CCC(=O)NCCS(=O)(=O)O)[C@@H]1CC[C@@H]2[C@H]3CC[C@H]4C[C@@H](O)CC[C@]4(C)[C@@H]3CC[C@@]21C. The van der Waals surface area contributed by atoms with E-state index < -0.39 is 15.9 Å². The lowest BCUT2D eigenvalue weighted by atomic mass is 9.44. The highest BCUT2D eigenvalue weighted by Gasteiger charge is 2.60. The number of nitrogens with one attached hydrogen (secondary N) is 1. The number of carbonyl (C=O) groups excluding carboxylic acids is 1. The fraction of sp³-hybridized carbons (Fsp3) is 0.962. The second kappa shape index (κ2) is 9.42. The van der Waals surface area contributed by atoms with Gasteiger partial charge in [-0.2, -0.15) is 8.42 Å². The Morgan fingerprint density at radius 3 is 2.45 bits per heavy atom. The van der Waals surface area contributed by atoms with Crippen molar-refractivity contribution in [2.45, 2.75) is 97.5 Å². The van der Waals surface area contributed by atoms with Crippen LogP contribution in [0, 0.1) is 46.3 Å². The topological polar surface area (TPSA) is 104 Å². The van der Waals surface area contributed by atoms with Crippen LogP contribution in [0.1, 0.15) is 91.4 Å². The van der Waals surface area contributed by atoms with Crippen LogP contribution in [0.25, 0.3) is 0 Å². The van der Waals surface area contributed by atoms with E-state index in [9.17, 15) is 18.3 Å². The van der Waals surface area contributed by atoms with E-state index in [0.29, 0.717) is 35.0 Å². The summed E-state index contributed by atoms with van der Waals surface area (Å²) < 4.78 is 30.5. The molecular weight excluding hydrogens is 438 g/mol. The molecule has 4 fully saturated rings. The fourth-order valence-electron chi connectivity index (χ4n) is 9.18. The zero-order valence-electron chi connectivity index (χ0n) is 20.8. The van der Waals surface area contributed by atoms with Crippen molar-refractivity contribution in [3.63, 3.8) is 0 Å². The average Bonchev–Trinajstić information content (AvgIpc) is 3.09. The molecule has 9 atom stereocenters. The molecular formula is C26H45NO5S. The predicted octanol–water partition coefficient (Wildman–Crippen LogP) is 4.43. The molecule has 0 aromatic carbocycles. The van der Waals surface area contributed by atoms with E-state index in [-0.39, 0.29) is 18.6 Å². The van der Waals surface area contributed by atoms with Crippen molar-refractivity contribution in [3.8, 4) is 0 Å². The van der Waals surface area contributed by atoms with E-state index in [1.54, 1.807) is 0 Å². The number of hydrogen-bond donors (Lipinski definition) is 3. The summed E-state index contributed by atoms with van der Waals surface area (Å²) in [7, 11) is -4.04. The minimum absolute atomic E-state index is 0.0326. The first-order chi connectivity index (χ1) is 15.4. The number of carbonyl (C=O) groups is 1. The lowest BCUT2D eigenvalue weighted by Crippen LogP contribution is -2.54. The molecule has 0 aliphatic heterocycles. The van der Waals surface area contributed by atoms with Gasteiger partial charge in [0.1, 0.15) is 0 Å². The smallest absolute Gasteiger partial charge is 0.266 e. The van der Waals surface area contributed by atoms with Gasteiger partial charge in [-0.05, 0) is 111 Å². The number of amides is 1. The van der Waals surface area contributed by atoms with E-state index >= 15 is 0 Å². The molecule has 1 amide bonds. The number of hydrogen-bond acceptors (Lipinski definition) is 4. The lowest BCUT2D eigenvalue weighted by Gasteiger charge is -2.61. The van der Waals surface area contributed by atoms with Crippen LogP contribution in [0.2, 0.25) is 0 Å². The van der Waals surface area contributed by atoms with Gasteiger partial charge < -0.3 is 10.4 Å². The fourth-order valence-corrected chi connectivity index (χ4v) is 9.54. The normalized spacial score (nSPS) is 43.8. The van der Waals surface area contributed by atoms with Gasteiger partial charge >= 0.3 is 0 Å². The third kappa shape index (κ3) is 5.02. The van der Waals surface area contributed by atoms with Crippen LogP contribution in [-0.2, 0) is 14.9 Å². The van der Waals surface area contributed by atoms with Crippen LogP contribution in [0.5, 0.6) is 0 Å². The molecule has 190 valence electrons. The highest BCUT2D eigenvalue weighted by Crippen LogP contribution is 2.68. The Labute approximate surface area is 200 Å². The Morgan fingerprint density at radius 1 is 1.03 bits per heavy atom. The van der Waals surface area contributed by atoms with Crippen molar-refractivity contribution in [1.29, 1.82) is 0 Å². The van der Waals surface area contributed by atoms with Crippen LogP contribution >= 0.6 is 0 Å². The van der Waals surface area contributed by atoms with Crippen LogP contribution in [0.4, 0.5) is 0 Å². The molecule has 0 aromatic rings. The van der Waals surface area contributed by atoms with Gasteiger partial charge in [0.15, 0.2) is 0 Å². The quantitative estimate of drug-likeness (QED) is 0.465. The molecule has 0 unspecified atom stereocenters. The molecule has 4 saturated carbocycles. The zero-order chi connectivity index (χ0) is 24.0. The van der Waals surface area contributed by atoms with Gasteiger partial charge in [0.05, 0.1) is 11.9 Å². The van der Waals surface area contributed by atoms with E-state index in [0.717, 1.165) is 37.0 Å². The van der Waals surface area contributed by atoms with Crippen LogP contribution < -0.4 is 5.32 Å². The Bertz CT molecular complexity index is 831. The summed E-state index contributed by atoms with van der Waals surface area (Å²) in [6.07, 6.45) is 12.1. The molecule has 0 spiro atoms. The number of rotatable bonds is 7. The minimum atomic E-state index is -4.04. The summed E-state index contributed by atoms with van der Waals surface area (Å²) in [5.74, 6) is 3.68. The maximum atomic E-state index is 12.2. The molecule has 33 heavy (non-hydrogen) atoms. The molecule has 7 heteroatoms. The third-order valence-corrected chi connectivity index (χ3v) is 11.6. The van der Waals surface area contributed by atoms with Crippen molar-refractivity contribution in [3.05, 3.63) is 0 Å². The maximum absolute atomic E-state index is 12.2. The molecule has 4 aliphatic rings. The van der Waals surface area contributed by atoms with Crippen molar-refractivity contribution in [1.82, 2.24) is 5.32 Å². The highest BCUT2D eigenvalue weighted by molar-refractivity contribution is 7.85. The van der Waals surface area contributed by atoms with E-state index in [1.807, 2.05) is 0 Å². The summed E-state index contributed by atoms with van der Waals surface area (Å²) in [4.78, 5) is 12.2. The van der Waals surface area contributed by atoms with Crippen LogP contribution in [-0.4, -0.2) is 42.4 Å². The van der Waals surface area contributed by atoms with Crippen molar-refractivity contribution < 1.29 is 22.9 Å². The van der Waals surface area contributed by atoms with Gasteiger partial charge in [0.2, 0.25) is 5.91 Å². The summed E-state index contributed by atoms with van der Waals surface area (Å²) in [6.45, 7) is 7.34. The Kier molecular flexibility index (Phi) is 7.26. The van der Waals surface area contributed by atoms with Crippen molar-refractivity contribution in [2.75, 3.05) is 12.3 Å². The Balaban J connectivity index is 1.35. The molecule has 0 bridgehead atoms. The standard InChI is InChI=1S/C26H45NO5S/c1-17(4-9-24(29)27-14-15-33(30,31)32)21-7-8-22-20-6-5-18-16-19(28)10-12-25(18,2)23(20)11-13-26(21,22)3/h17-23,28H,4-16H2,1-3H3,(H,27,29)(H,30,31,32)/t17-,18-,19-,20+,21-,22+,23+,25-,26+/m0/s1. The first-order valence-corrected chi connectivity index (χ1v) is 14.9. The van der Waals surface area contributed by atoms with Crippen LogP contribution in [0.3, 0.4) is 0 Å². The Morgan fingerprint density at radius 2 is 1.73 bits per heavy atom. The second-order valence-electron chi connectivity index (χ2n) is 12.5. The van der Waals surface area contributed by atoms with Crippen LogP contribution in [0.15, 0.2) is 0 Å². The zero-order valence-corrected chi connectivity index (χ0v) is 21.6. The molecule has 0 aromatic heterocycles. The first-order valence-electron chi connectivity index (χ1n) is 13.3. The molecule has 0 saturated heterocycles. The van der Waals surface area contributed by atoms with Gasteiger partial charge in [-0.25, -0.2) is 0 Å². The Hall–Kier alpha value is -0.660. The minimum Gasteiger partial charge on any atom is -0.393 e. The average molecular weight is 484 g/mol. The highest BCUT2D eigenvalue weighted by atomic mass is 32.2. The van der Waals surface area contributed by atoms with E-state index in [2.05, 4.69) is 26.1 Å². The first kappa shape index (κ1) is 25.4. The lowest BCUT2D eigenvalue weighted by molar-refractivity contribution is -0.129.